The van der Waals surface area contributed by atoms with Gasteiger partial charge in [0.2, 0.25) is 0 Å². The van der Waals surface area contributed by atoms with E-state index in [1.807, 2.05) is 0 Å². The van der Waals surface area contributed by atoms with Gasteiger partial charge in [-0.25, -0.2) is 9.18 Å². The number of hydrogen-bond acceptors (Lipinski definition) is 3. The SMILES string of the molecule is COC1CCCC(OC(=O)c2ccccc2F)C1. The molecule has 0 N–H and O–H groups in total. The van der Waals surface area contributed by atoms with Crippen LogP contribution in [-0.4, -0.2) is 25.3 Å². The molecular weight excluding hydrogens is 235 g/mol. The zero-order chi connectivity index (χ0) is 13.0. The van der Waals surface area contributed by atoms with Gasteiger partial charge in [-0.1, -0.05) is 12.1 Å². The van der Waals surface area contributed by atoms with Crippen LogP contribution in [0.4, 0.5) is 4.39 Å². The monoisotopic (exact) mass is 252 g/mol. The summed E-state index contributed by atoms with van der Waals surface area (Å²) in [6.45, 7) is 0. The molecule has 0 aliphatic heterocycles. The van der Waals surface area contributed by atoms with E-state index in [2.05, 4.69) is 0 Å². The molecule has 18 heavy (non-hydrogen) atoms. The Morgan fingerprint density at radius 2 is 2.00 bits per heavy atom. The van der Waals surface area contributed by atoms with Crippen molar-refractivity contribution in [3.8, 4) is 0 Å². The van der Waals surface area contributed by atoms with E-state index in [1.165, 1.54) is 12.1 Å². The maximum Gasteiger partial charge on any atom is 0.341 e. The lowest BCUT2D eigenvalue weighted by molar-refractivity contribution is -0.0152. The summed E-state index contributed by atoms with van der Waals surface area (Å²) in [7, 11) is 1.66. The van der Waals surface area contributed by atoms with Crippen LogP contribution >= 0.6 is 0 Å². The molecule has 98 valence electrons. The van der Waals surface area contributed by atoms with Crippen LogP contribution in [0.5, 0.6) is 0 Å². The van der Waals surface area contributed by atoms with Gasteiger partial charge in [-0.15, -0.1) is 0 Å². The second-order valence-electron chi connectivity index (χ2n) is 4.53. The Morgan fingerprint density at radius 3 is 2.72 bits per heavy atom. The first-order valence-corrected chi connectivity index (χ1v) is 6.19. The highest BCUT2D eigenvalue weighted by molar-refractivity contribution is 5.89. The number of carbonyl (C=O) groups is 1. The lowest BCUT2D eigenvalue weighted by Gasteiger charge is -2.27. The van der Waals surface area contributed by atoms with E-state index in [0.29, 0.717) is 6.42 Å². The quantitative estimate of drug-likeness (QED) is 0.776. The number of ether oxygens (including phenoxy) is 2. The molecule has 0 radical (unpaired) electrons. The van der Waals surface area contributed by atoms with Crippen LogP contribution in [0.2, 0.25) is 0 Å². The zero-order valence-corrected chi connectivity index (χ0v) is 10.4. The maximum atomic E-state index is 13.4. The van der Waals surface area contributed by atoms with E-state index >= 15 is 0 Å². The largest absolute Gasteiger partial charge is 0.459 e. The minimum Gasteiger partial charge on any atom is -0.459 e. The smallest absolute Gasteiger partial charge is 0.341 e. The number of hydrogen-bond donors (Lipinski definition) is 0. The first-order chi connectivity index (χ1) is 8.70. The van der Waals surface area contributed by atoms with Crippen LogP contribution in [0.1, 0.15) is 36.0 Å². The van der Waals surface area contributed by atoms with E-state index < -0.39 is 11.8 Å². The van der Waals surface area contributed by atoms with Crippen molar-refractivity contribution in [2.75, 3.05) is 7.11 Å². The van der Waals surface area contributed by atoms with Crippen molar-refractivity contribution >= 4 is 5.97 Å². The fraction of sp³-hybridized carbons (Fsp3) is 0.500. The number of halogens is 1. The fourth-order valence-electron chi connectivity index (χ4n) is 2.26. The van der Waals surface area contributed by atoms with Crippen molar-refractivity contribution in [3.63, 3.8) is 0 Å². The van der Waals surface area contributed by atoms with E-state index in [9.17, 15) is 9.18 Å². The van der Waals surface area contributed by atoms with Gasteiger partial charge in [0.25, 0.3) is 0 Å². The molecular formula is C14H17FO3. The van der Waals surface area contributed by atoms with Gasteiger partial charge in [-0.05, 0) is 31.4 Å². The van der Waals surface area contributed by atoms with Gasteiger partial charge in [0.1, 0.15) is 11.9 Å². The second kappa shape index (κ2) is 5.96. The molecule has 3 nitrogen and oxygen atoms in total. The van der Waals surface area contributed by atoms with Gasteiger partial charge in [0, 0.05) is 13.5 Å². The summed E-state index contributed by atoms with van der Waals surface area (Å²) >= 11 is 0. The molecule has 1 saturated carbocycles. The number of carbonyl (C=O) groups excluding carboxylic acids is 1. The maximum absolute atomic E-state index is 13.4. The molecule has 0 aromatic heterocycles. The Balaban J connectivity index is 1.97. The standard InChI is InChI=1S/C14H17FO3/c1-17-10-5-4-6-11(9-10)18-14(16)12-7-2-3-8-13(12)15/h2-3,7-8,10-11H,4-6,9H2,1H3. The molecule has 0 spiro atoms. The number of rotatable bonds is 3. The second-order valence-corrected chi connectivity index (χ2v) is 4.53. The molecule has 0 heterocycles. The van der Waals surface area contributed by atoms with Crippen molar-refractivity contribution in [2.45, 2.75) is 37.9 Å². The lowest BCUT2D eigenvalue weighted by atomic mass is 9.95. The topological polar surface area (TPSA) is 35.5 Å². The van der Waals surface area contributed by atoms with Crippen LogP contribution < -0.4 is 0 Å². The summed E-state index contributed by atoms with van der Waals surface area (Å²) < 4.78 is 24.0. The van der Waals surface area contributed by atoms with Gasteiger partial charge < -0.3 is 9.47 Å². The number of benzene rings is 1. The molecule has 2 atom stereocenters. The first kappa shape index (κ1) is 13.0. The third-order valence-corrected chi connectivity index (χ3v) is 3.28. The Kier molecular flexibility index (Phi) is 4.31. The van der Waals surface area contributed by atoms with Crippen LogP contribution in [0, 0.1) is 5.82 Å². The average Bonchev–Trinajstić information content (AvgIpc) is 2.39. The minimum absolute atomic E-state index is 0.00274. The molecule has 0 amide bonds. The third-order valence-electron chi connectivity index (χ3n) is 3.28. The van der Waals surface area contributed by atoms with E-state index in [4.69, 9.17) is 9.47 Å². The highest BCUT2D eigenvalue weighted by Crippen LogP contribution is 2.24. The summed E-state index contributed by atoms with van der Waals surface area (Å²) in [6, 6.07) is 5.87. The zero-order valence-electron chi connectivity index (χ0n) is 10.4. The molecule has 0 bridgehead atoms. The molecule has 2 unspecified atom stereocenters. The van der Waals surface area contributed by atoms with Gasteiger partial charge in [0.05, 0.1) is 11.7 Å². The highest BCUT2D eigenvalue weighted by atomic mass is 19.1. The Bertz CT molecular complexity index is 419. The fourth-order valence-corrected chi connectivity index (χ4v) is 2.26. The Labute approximate surface area is 106 Å². The molecule has 2 rings (SSSR count). The molecule has 4 heteroatoms. The molecule has 1 aliphatic carbocycles. The first-order valence-electron chi connectivity index (χ1n) is 6.19. The van der Waals surface area contributed by atoms with Crippen LogP contribution in [0.15, 0.2) is 24.3 Å². The van der Waals surface area contributed by atoms with Gasteiger partial charge >= 0.3 is 5.97 Å². The predicted octanol–water partition coefficient (Wildman–Crippen LogP) is 2.94. The molecule has 1 fully saturated rings. The predicted molar refractivity (Wildman–Crippen MR) is 64.9 cm³/mol. The molecule has 1 aromatic rings. The molecule has 1 aromatic carbocycles. The lowest BCUT2D eigenvalue weighted by Crippen LogP contribution is -2.29. The van der Waals surface area contributed by atoms with Crippen molar-refractivity contribution in [3.05, 3.63) is 35.6 Å². The van der Waals surface area contributed by atoms with E-state index in [-0.39, 0.29) is 17.8 Å². The van der Waals surface area contributed by atoms with Gasteiger partial charge in [-0.3, -0.25) is 0 Å². The molecule has 0 saturated heterocycles. The Hall–Kier alpha value is -1.42. The van der Waals surface area contributed by atoms with Crippen LogP contribution in [0.3, 0.4) is 0 Å². The highest BCUT2D eigenvalue weighted by Gasteiger charge is 2.25. The van der Waals surface area contributed by atoms with E-state index in [1.54, 1.807) is 19.2 Å². The summed E-state index contributed by atoms with van der Waals surface area (Å²) in [4.78, 5) is 11.8. The molecule has 1 aliphatic rings. The van der Waals surface area contributed by atoms with E-state index in [0.717, 1.165) is 19.3 Å². The number of esters is 1. The third kappa shape index (κ3) is 3.07. The number of methoxy groups -OCH3 is 1. The summed E-state index contributed by atoms with van der Waals surface area (Å²) in [5, 5.41) is 0. The van der Waals surface area contributed by atoms with Gasteiger partial charge in [-0.2, -0.15) is 0 Å². The van der Waals surface area contributed by atoms with Crippen molar-refractivity contribution in [1.82, 2.24) is 0 Å². The Morgan fingerprint density at radius 1 is 1.28 bits per heavy atom. The summed E-state index contributed by atoms with van der Waals surface area (Å²) in [5.41, 5.74) is -0.00274. The average molecular weight is 252 g/mol. The summed E-state index contributed by atoms with van der Waals surface area (Å²) in [5.74, 6) is -1.13. The van der Waals surface area contributed by atoms with Crippen molar-refractivity contribution < 1.29 is 18.7 Å². The van der Waals surface area contributed by atoms with Crippen molar-refractivity contribution in [2.24, 2.45) is 0 Å². The van der Waals surface area contributed by atoms with Crippen LogP contribution in [-0.2, 0) is 9.47 Å². The summed E-state index contributed by atoms with van der Waals surface area (Å²) in [6.07, 6.45) is 3.43. The van der Waals surface area contributed by atoms with Gasteiger partial charge in [0.15, 0.2) is 0 Å². The minimum atomic E-state index is -0.588. The van der Waals surface area contributed by atoms with Crippen LogP contribution in [0.25, 0.3) is 0 Å². The van der Waals surface area contributed by atoms with Crippen molar-refractivity contribution in [1.29, 1.82) is 0 Å². The normalized spacial score (nSPS) is 23.7.